The molecule has 2 saturated heterocycles. The van der Waals surface area contributed by atoms with Crippen molar-refractivity contribution in [1.82, 2.24) is 15.5 Å². The van der Waals surface area contributed by atoms with Crippen molar-refractivity contribution in [2.45, 2.75) is 56.3 Å². The van der Waals surface area contributed by atoms with E-state index < -0.39 is 6.10 Å². The number of amides is 2. The third kappa shape index (κ3) is 3.44. The fraction of sp³-hybridized carbons (Fsp3) is 0.688. The van der Waals surface area contributed by atoms with Gasteiger partial charge in [-0.3, -0.25) is 0 Å². The lowest BCUT2D eigenvalue weighted by atomic mass is 9.82. The van der Waals surface area contributed by atoms with E-state index in [4.69, 9.17) is 4.42 Å². The van der Waals surface area contributed by atoms with Crippen LogP contribution in [0.25, 0.3) is 0 Å². The fourth-order valence-electron chi connectivity index (χ4n) is 3.74. The Morgan fingerprint density at radius 2 is 2.18 bits per heavy atom. The summed E-state index contributed by atoms with van der Waals surface area (Å²) in [7, 11) is 2.20. The summed E-state index contributed by atoms with van der Waals surface area (Å²) in [5.41, 5.74) is 0. The standard InChI is InChI=1S/C16H25N3O3/c1-19-12-4-2-5-13(19)9-11(8-12)18-16(21)17-10-14(20)15-6-3-7-22-15/h3,6-7,11-14,20H,2,4-5,8-10H2,1H3,(H2,17,18,21). The highest BCUT2D eigenvalue weighted by atomic mass is 16.4. The average Bonchev–Trinajstić information content (AvgIpc) is 3.00. The van der Waals surface area contributed by atoms with Crippen LogP contribution in [0.1, 0.15) is 44.0 Å². The Hall–Kier alpha value is -1.53. The van der Waals surface area contributed by atoms with Crippen LogP contribution in [0.4, 0.5) is 4.79 Å². The van der Waals surface area contributed by atoms with E-state index in [1.165, 1.54) is 25.5 Å². The van der Waals surface area contributed by atoms with Crippen molar-refractivity contribution in [3.05, 3.63) is 24.2 Å². The van der Waals surface area contributed by atoms with Gasteiger partial charge in [-0.05, 0) is 44.9 Å². The first kappa shape index (κ1) is 15.4. The molecular formula is C16H25N3O3. The van der Waals surface area contributed by atoms with E-state index in [1.807, 2.05) is 0 Å². The molecule has 0 saturated carbocycles. The van der Waals surface area contributed by atoms with E-state index in [-0.39, 0.29) is 18.6 Å². The van der Waals surface area contributed by atoms with Crippen LogP contribution >= 0.6 is 0 Å². The van der Waals surface area contributed by atoms with Gasteiger partial charge in [0.25, 0.3) is 0 Å². The maximum absolute atomic E-state index is 12.0. The zero-order valence-corrected chi connectivity index (χ0v) is 13.0. The zero-order chi connectivity index (χ0) is 15.5. The molecule has 2 aliphatic rings. The maximum Gasteiger partial charge on any atom is 0.315 e. The first-order chi connectivity index (χ1) is 10.6. The van der Waals surface area contributed by atoms with Gasteiger partial charge in [0.2, 0.25) is 0 Å². The van der Waals surface area contributed by atoms with E-state index in [1.54, 1.807) is 12.1 Å². The summed E-state index contributed by atoms with van der Waals surface area (Å²) >= 11 is 0. The van der Waals surface area contributed by atoms with Gasteiger partial charge >= 0.3 is 6.03 Å². The van der Waals surface area contributed by atoms with Crippen molar-refractivity contribution in [1.29, 1.82) is 0 Å². The predicted octanol–water partition coefficient (Wildman–Crippen LogP) is 1.63. The second-order valence-electron chi connectivity index (χ2n) is 6.46. The highest BCUT2D eigenvalue weighted by Gasteiger charge is 2.36. The van der Waals surface area contributed by atoms with E-state index in [0.717, 1.165) is 12.8 Å². The molecule has 6 nitrogen and oxygen atoms in total. The van der Waals surface area contributed by atoms with Crippen LogP contribution in [-0.4, -0.2) is 47.8 Å². The summed E-state index contributed by atoms with van der Waals surface area (Å²) in [6.07, 6.45) is 6.48. The lowest BCUT2D eigenvalue weighted by Gasteiger charge is -2.47. The number of furan rings is 1. The molecule has 3 atom stereocenters. The first-order valence-corrected chi connectivity index (χ1v) is 8.11. The van der Waals surface area contributed by atoms with E-state index >= 15 is 0 Å². The third-order valence-electron chi connectivity index (χ3n) is 5.00. The summed E-state index contributed by atoms with van der Waals surface area (Å²) in [6.45, 7) is 0.152. The summed E-state index contributed by atoms with van der Waals surface area (Å²) in [5, 5.41) is 15.7. The van der Waals surface area contributed by atoms with Gasteiger partial charge in [-0.15, -0.1) is 0 Å². The Labute approximate surface area is 130 Å². The molecule has 122 valence electrons. The number of rotatable bonds is 4. The largest absolute Gasteiger partial charge is 0.467 e. The van der Waals surface area contributed by atoms with Crippen molar-refractivity contribution in [3.63, 3.8) is 0 Å². The Kier molecular flexibility index (Phi) is 4.69. The quantitative estimate of drug-likeness (QED) is 0.790. The number of carbonyl (C=O) groups is 1. The monoisotopic (exact) mass is 307 g/mol. The second-order valence-corrected chi connectivity index (χ2v) is 6.46. The van der Waals surface area contributed by atoms with E-state index in [2.05, 4.69) is 22.6 Å². The molecule has 2 amide bonds. The van der Waals surface area contributed by atoms with Gasteiger partial charge in [-0.1, -0.05) is 6.42 Å². The van der Waals surface area contributed by atoms with Gasteiger partial charge in [0.1, 0.15) is 11.9 Å². The number of aliphatic hydroxyl groups excluding tert-OH is 1. The molecule has 3 heterocycles. The average molecular weight is 307 g/mol. The minimum Gasteiger partial charge on any atom is -0.467 e. The molecule has 22 heavy (non-hydrogen) atoms. The maximum atomic E-state index is 12.0. The van der Waals surface area contributed by atoms with Crippen molar-refractivity contribution in [3.8, 4) is 0 Å². The van der Waals surface area contributed by atoms with Crippen LogP contribution in [0.3, 0.4) is 0 Å². The molecule has 2 bridgehead atoms. The molecule has 0 aromatic carbocycles. The first-order valence-electron chi connectivity index (χ1n) is 8.11. The predicted molar refractivity (Wildman–Crippen MR) is 82.4 cm³/mol. The molecule has 2 aliphatic heterocycles. The smallest absolute Gasteiger partial charge is 0.315 e. The van der Waals surface area contributed by atoms with Gasteiger partial charge in [0, 0.05) is 18.1 Å². The number of nitrogens with zero attached hydrogens (tertiary/aromatic N) is 1. The number of fused-ring (bicyclic) bond motifs is 2. The number of piperidine rings is 2. The SMILES string of the molecule is CN1C2CCCC1CC(NC(=O)NCC(O)c1ccco1)C2. The molecule has 0 radical (unpaired) electrons. The Morgan fingerprint density at radius 3 is 2.82 bits per heavy atom. The molecule has 1 aromatic heterocycles. The van der Waals surface area contributed by atoms with Crippen molar-refractivity contribution in [2.75, 3.05) is 13.6 Å². The molecule has 1 aromatic rings. The van der Waals surface area contributed by atoms with Crippen molar-refractivity contribution in [2.24, 2.45) is 0 Å². The Balaban J connectivity index is 1.44. The molecular weight excluding hydrogens is 282 g/mol. The van der Waals surface area contributed by atoms with E-state index in [9.17, 15) is 9.90 Å². The minimum absolute atomic E-state index is 0.152. The van der Waals surface area contributed by atoms with Crippen molar-refractivity contribution >= 4 is 6.03 Å². The summed E-state index contributed by atoms with van der Waals surface area (Å²) in [5.74, 6) is 0.467. The zero-order valence-electron chi connectivity index (χ0n) is 13.0. The van der Waals surface area contributed by atoms with E-state index in [0.29, 0.717) is 17.8 Å². The summed E-state index contributed by atoms with van der Waals surface area (Å²) in [6, 6.07) is 4.61. The number of hydrogen-bond donors (Lipinski definition) is 3. The lowest BCUT2D eigenvalue weighted by Crippen LogP contribution is -2.56. The molecule has 0 aliphatic carbocycles. The molecule has 3 unspecified atom stereocenters. The van der Waals surface area contributed by atoms with Crippen LogP contribution in [-0.2, 0) is 0 Å². The molecule has 0 spiro atoms. The number of aliphatic hydroxyl groups is 1. The topological polar surface area (TPSA) is 77.7 Å². The van der Waals surface area contributed by atoms with Gasteiger partial charge in [0.05, 0.1) is 12.8 Å². The van der Waals surface area contributed by atoms with Crippen LogP contribution in [0.15, 0.2) is 22.8 Å². The van der Waals surface area contributed by atoms with Crippen LogP contribution in [0.2, 0.25) is 0 Å². The third-order valence-corrected chi connectivity index (χ3v) is 5.00. The molecule has 6 heteroatoms. The van der Waals surface area contributed by atoms with Crippen LogP contribution < -0.4 is 10.6 Å². The summed E-state index contributed by atoms with van der Waals surface area (Å²) < 4.78 is 5.11. The number of urea groups is 1. The fourth-order valence-corrected chi connectivity index (χ4v) is 3.74. The minimum atomic E-state index is -0.808. The lowest BCUT2D eigenvalue weighted by molar-refractivity contribution is 0.0507. The molecule has 3 rings (SSSR count). The highest BCUT2D eigenvalue weighted by molar-refractivity contribution is 5.74. The van der Waals surface area contributed by atoms with Crippen molar-refractivity contribution < 1.29 is 14.3 Å². The number of hydrogen-bond acceptors (Lipinski definition) is 4. The normalized spacial score (nSPS) is 29.8. The van der Waals surface area contributed by atoms with Crippen LogP contribution in [0, 0.1) is 0 Å². The van der Waals surface area contributed by atoms with Gasteiger partial charge < -0.3 is 25.1 Å². The van der Waals surface area contributed by atoms with Gasteiger partial charge in [-0.2, -0.15) is 0 Å². The molecule has 2 fully saturated rings. The van der Waals surface area contributed by atoms with Gasteiger partial charge in [0.15, 0.2) is 0 Å². The number of carbonyl (C=O) groups excluding carboxylic acids is 1. The molecule has 3 N–H and O–H groups in total. The highest BCUT2D eigenvalue weighted by Crippen LogP contribution is 2.32. The Morgan fingerprint density at radius 1 is 1.45 bits per heavy atom. The summed E-state index contributed by atoms with van der Waals surface area (Å²) in [4.78, 5) is 14.5. The Bertz CT molecular complexity index is 477. The van der Waals surface area contributed by atoms with Gasteiger partial charge in [-0.25, -0.2) is 4.79 Å². The second kappa shape index (κ2) is 6.71. The number of nitrogens with one attached hydrogen (secondary N) is 2. The van der Waals surface area contributed by atoms with Crippen LogP contribution in [0.5, 0.6) is 0 Å².